The smallest absolute Gasteiger partial charge is 0.230 e. The highest BCUT2D eigenvalue weighted by atomic mass is 32.2. The SMILES string of the molecule is CCCCCC(C)NC(=O)CSc1cc(OC)ccc1N. The number of benzene rings is 1. The molecule has 1 atom stereocenters. The standard InChI is InChI=1S/C16H26N2O2S/c1-4-5-6-7-12(2)18-16(19)11-21-15-10-13(20-3)8-9-14(15)17/h8-10,12H,4-7,11,17H2,1-3H3,(H,18,19). The number of amides is 1. The number of anilines is 1. The summed E-state index contributed by atoms with van der Waals surface area (Å²) >= 11 is 1.44. The van der Waals surface area contributed by atoms with Crippen molar-refractivity contribution in [1.29, 1.82) is 0 Å². The summed E-state index contributed by atoms with van der Waals surface area (Å²) in [6, 6.07) is 5.70. The molecule has 0 aromatic heterocycles. The fourth-order valence-electron chi connectivity index (χ4n) is 2.00. The van der Waals surface area contributed by atoms with Gasteiger partial charge in [-0.25, -0.2) is 0 Å². The van der Waals surface area contributed by atoms with Gasteiger partial charge in [-0.15, -0.1) is 11.8 Å². The average Bonchev–Trinajstić information content (AvgIpc) is 2.46. The van der Waals surface area contributed by atoms with Gasteiger partial charge >= 0.3 is 0 Å². The van der Waals surface area contributed by atoms with Crippen LogP contribution in [-0.2, 0) is 4.79 Å². The van der Waals surface area contributed by atoms with E-state index in [0.29, 0.717) is 11.4 Å². The number of rotatable bonds is 9. The van der Waals surface area contributed by atoms with Crippen molar-refractivity contribution in [2.75, 3.05) is 18.6 Å². The molecule has 4 nitrogen and oxygen atoms in total. The van der Waals surface area contributed by atoms with E-state index in [9.17, 15) is 4.79 Å². The second-order valence-electron chi connectivity index (χ2n) is 5.16. The molecule has 0 aliphatic heterocycles. The fourth-order valence-corrected chi connectivity index (χ4v) is 2.80. The monoisotopic (exact) mass is 310 g/mol. The minimum Gasteiger partial charge on any atom is -0.497 e. The van der Waals surface area contributed by atoms with Gasteiger partial charge in [-0.2, -0.15) is 0 Å². The van der Waals surface area contributed by atoms with Gasteiger partial charge < -0.3 is 15.8 Å². The molecule has 3 N–H and O–H groups in total. The van der Waals surface area contributed by atoms with Crippen LogP contribution in [0.2, 0.25) is 0 Å². The maximum atomic E-state index is 11.9. The van der Waals surface area contributed by atoms with E-state index in [1.54, 1.807) is 13.2 Å². The molecule has 0 aliphatic carbocycles. The number of nitrogens with two attached hydrogens (primary N) is 1. The van der Waals surface area contributed by atoms with Crippen molar-refractivity contribution in [3.05, 3.63) is 18.2 Å². The first kappa shape index (κ1) is 17.7. The molecule has 0 spiro atoms. The van der Waals surface area contributed by atoms with E-state index in [1.165, 1.54) is 24.6 Å². The third-order valence-corrected chi connectivity index (χ3v) is 4.30. The van der Waals surface area contributed by atoms with Crippen LogP contribution < -0.4 is 15.8 Å². The van der Waals surface area contributed by atoms with E-state index >= 15 is 0 Å². The van der Waals surface area contributed by atoms with E-state index in [2.05, 4.69) is 19.2 Å². The maximum absolute atomic E-state index is 11.9. The number of hydrogen-bond donors (Lipinski definition) is 2. The number of carbonyl (C=O) groups excluding carboxylic acids is 1. The highest BCUT2D eigenvalue weighted by Gasteiger charge is 2.09. The van der Waals surface area contributed by atoms with Crippen LogP contribution in [0.15, 0.2) is 23.1 Å². The molecule has 0 radical (unpaired) electrons. The molecule has 1 amide bonds. The number of unbranched alkanes of at least 4 members (excludes halogenated alkanes) is 2. The lowest BCUT2D eigenvalue weighted by Crippen LogP contribution is -2.33. The zero-order chi connectivity index (χ0) is 15.7. The number of carbonyl (C=O) groups is 1. The summed E-state index contributed by atoms with van der Waals surface area (Å²) in [5.74, 6) is 1.17. The van der Waals surface area contributed by atoms with E-state index in [1.807, 2.05) is 12.1 Å². The van der Waals surface area contributed by atoms with E-state index in [0.717, 1.165) is 23.5 Å². The molecule has 118 valence electrons. The lowest BCUT2D eigenvalue weighted by atomic mass is 10.1. The van der Waals surface area contributed by atoms with Crippen molar-refractivity contribution in [1.82, 2.24) is 5.32 Å². The molecule has 0 heterocycles. The van der Waals surface area contributed by atoms with Crippen molar-refractivity contribution in [2.45, 2.75) is 50.5 Å². The second-order valence-corrected chi connectivity index (χ2v) is 6.17. The summed E-state index contributed by atoms with van der Waals surface area (Å²) in [7, 11) is 1.62. The lowest BCUT2D eigenvalue weighted by Gasteiger charge is -2.14. The Hall–Kier alpha value is -1.36. The van der Waals surface area contributed by atoms with Crippen LogP contribution in [0.4, 0.5) is 5.69 Å². The Morgan fingerprint density at radius 2 is 2.19 bits per heavy atom. The number of methoxy groups -OCH3 is 1. The van der Waals surface area contributed by atoms with Crippen molar-refractivity contribution in [3.63, 3.8) is 0 Å². The molecule has 1 aromatic rings. The van der Waals surface area contributed by atoms with Crippen LogP contribution in [0, 0.1) is 0 Å². The predicted molar refractivity (Wildman–Crippen MR) is 89.9 cm³/mol. The van der Waals surface area contributed by atoms with Gasteiger partial charge in [0.1, 0.15) is 5.75 Å². The second kappa shape index (κ2) is 9.55. The minimum absolute atomic E-state index is 0.0474. The first-order valence-electron chi connectivity index (χ1n) is 7.42. The summed E-state index contributed by atoms with van der Waals surface area (Å²) < 4.78 is 5.17. The number of thioether (sulfide) groups is 1. The first-order valence-corrected chi connectivity index (χ1v) is 8.41. The molecule has 1 unspecified atom stereocenters. The summed E-state index contributed by atoms with van der Waals surface area (Å²) in [6.07, 6.45) is 4.61. The third kappa shape index (κ3) is 6.76. The van der Waals surface area contributed by atoms with E-state index in [4.69, 9.17) is 10.5 Å². The molecule has 1 aromatic carbocycles. The topological polar surface area (TPSA) is 64.3 Å². The van der Waals surface area contributed by atoms with Crippen LogP contribution in [0.3, 0.4) is 0 Å². The van der Waals surface area contributed by atoms with Crippen LogP contribution >= 0.6 is 11.8 Å². The highest BCUT2D eigenvalue weighted by molar-refractivity contribution is 8.00. The van der Waals surface area contributed by atoms with Gasteiger partial charge in [0.15, 0.2) is 0 Å². The maximum Gasteiger partial charge on any atom is 0.230 e. The molecule has 1 rings (SSSR count). The van der Waals surface area contributed by atoms with Gasteiger partial charge in [0.25, 0.3) is 0 Å². The molecule has 0 bridgehead atoms. The van der Waals surface area contributed by atoms with Crippen molar-refractivity contribution in [2.24, 2.45) is 0 Å². The van der Waals surface area contributed by atoms with Crippen LogP contribution in [0.1, 0.15) is 39.5 Å². The molecular weight excluding hydrogens is 284 g/mol. The molecule has 21 heavy (non-hydrogen) atoms. The normalized spacial score (nSPS) is 12.0. The summed E-state index contributed by atoms with van der Waals surface area (Å²) in [6.45, 7) is 4.23. The van der Waals surface area contributed by atoms with Crippen molar-refractivity contribution < 1.29 is 9.53 Å². The molecule has 0 aliphatic rings. The van der Waals surface area contributed by atoms with Gasteiger partial charge in [0, 0.05) is 16.6 Å². The number of nitrogen functional groups attached to an aromatic ring is 1. The lowest BCUT2D eigenvalue weighted by molar-refractivity contribution is -0.119. The zero-order valence-electron chi connectivity index (χ0n) is 13.1. The quantitative estimate of drug-likeness (QED) is 0.416. The van der Waals surface area contributed by atoms with Gasteiger partial charge in [-0.05, 0) is 31.5 Å². The Balaban J connectivity index is 2.39. The summed E-state index contributed by atoms with van der Waals surface area (Å²) in [5.41, 5.74) is 6.58. The first-order chi connectivity index (χ1) is 10.1. The third-order valence-electron chi connectivity index (χ3n) is 3.23. The van der Waals surface area contributed by atoms with E-state index in [-0.39, 0.29) is 11.9 Å². The molecule has 5 heteroatoms. The van der Waals surface area contributed by atoms with Crippen molar-refractivity contribution >= 4 is 23.4 Å². The summed E-state index contributed by atoms with van der Waals surface area (Å²) in [5, 5.41) is 3.03. The zero-order valence-corrected chi connectivity index (χ0v) is 14.0. The predicted octanol–water partition coefficient (Wildman–Crippen LogP) is 3.45. The van der Waals surface area contributed by atoms with Crippen LogP contribution in [-0.4, -0.2) is 24.8 Å². The fraction of sp³-hybridized carbons (Fsp3) is 0.562. The Bertz CT molecular complexity index is 452. The van der Waals surface area contributed by atoms with Gasteiger partial charge in [-0.3, -0.25) is 4.79 Å². The number of nitrogens with one attached hydrogen (secondary N) is 1. The van der Waals surface area contributed by atoms with Crippen LogP contribution in [0.25, 0.3) is 0 Å². The number of ether oxygens (including phenoxy) is 1. The van der Waals surface area contributed by atoms with Gasteiger partial charge in [0.2, 0.25) is 5.91 Å². The van der Waals surface area contributed by atoms with E-state index < -0.39 is 0 Å². The van der Waals surface area contributed by atoms with Gasteiger partial charge in [0.05, 0.1) is 12.9 Å². The minimum atomic E-state index is 0.0474. The van der Waals surface area contributed by atoms with Gasteiger partial charge in [-0.1, -0.05) is 26.2 Å². The largest absolute Gasteiger partial charge is 0.497 e. The highest BCUT2D eigenvalue weighted by Crippen LogP contribution is 2.28. The summed E-state index contributed by atoms with van der Waals surface area (Å²) in [4.78, 5) is 12.8. The Morgan fingerprint density at radius 3 is 2.86 bits per heavy atom. The van der Waals surface area contributed by atoms with Crippen molar-refractivity contribution in [3.8, 4) is 5.75 Å². The Labute approximate surface area is 131 Å². The molecule has 0 saturated carbocycles. The molecule has 0 saturated heterocycles. The Morgan fingerprint density at radius 1 is 1.43 bits per heavy atom. The average molecular weight is 310 g/mol. The molecular formula is C16H26N2O2S. The van der Waals surface area contributed by atoms with Crippen LogP contribution in [0.5, 0.6) is 5.75 Å². The number of hydrogen-bond acceptors (Lipinski definition) is 4. The molecule has 0 fully saturated rings. The Kier molecular flexibility index (Phi) is 8.05.